The van der Waals surface area contributed by atoms with Crippen LogP contribution in [0.15, 0.2) is 88.4 Å². The lowest BCUT2D eigenvalue weighted by atomic mass is 10.1. The zero-order valence-electron chi connectivity index (χ0n) is 17.6. The number of hydrazone groups is 1. The van der Waals surface area contributed by atoms with E-state index in [1.165, 1.54) is 0 Å². The molecular formula is C25H21BrN4O2. The summed E-state index contributed by atoms with van der Waals surface area (Å²) in [5.74, 6) is 1.10. The maximum absolute atomic E-state index is 10.2. The second-order valence-corrected chi connectivity index (χ2v) is 7.94. The number of ether oxygens (including phenoxy) is 1. The molecule has 0 saturated heterocycles. The van der Waals surface area contributed by atoms with Crippen molar-refractivity contribution in [3.05, 3.63) is 88.9 Å². The highest BCUT2D eigenvalue weighted by Gasteiger charge is 2.10. The number of benzene rings is 3. The summed E-state index contributed by atoms with van der Waals surface area (Å²) in [4.78, 5) is 9.29. The molecule has 0 saturated carbocycles. The summed E-state index contributed by atoms with van der Waals surface area (Å²) >= 11 is 3.47. The monoisotopic (exact) mass is 488 g/mol. The Kier molecular flexibility index (Phi) is 6.47. The van der Waals surface area contributed by atoms with Crippen molar-refractivity contribution in [2.75, 3.05) is 12.5 Å². The van der Waals surface area contributed by atoms with E-state index in [2.05, 4.69) is 36.4 Å². The van der Waals surface area contributed by atoms with Gasteiger partial charge in [-0.1, -0.05) is 58.4 Å². The van der Waals surface area contributed by atoms with E-state index in [0.717, 1.165) is 27.0 Å². The Labute approximate surface area is 194 Å². The van der Waals surface area contributed by atoms with E-state index in [1.54, 1.807) is 32.2 Å². The summed E-state index contributed by atoms with van der Waals surface area (Å²) in [6, 6.07) is 24.8. The fourth-order valence-electron chi connectivity index (χ4n) is 3.15. The van der Waals surface area contributed by atoms with E-state index in [1.807, 2.05) is 60.7 Å². The van der Waals surface area contributed by atoms with Crippen LogP contribution in [0.1, 0.15) is 12.5 Å². The second-order valence-electron chi connectivity index (χ2n) is 7.03. The van der Waals surface area contributed by atoms with Crippen LogP contribution < -0.4 is 10.2 Å². The highest BCUT2D eigenvalue weighted by molar-refractivity contribution is 9.10. The normalized spacial score (nSPS) is 11.3. The first-order valence-electron chi connectivity index (χ1n) is 9.91. The van der Waals surface area contributed by atoms with Crippen LogP contribution in [0.2, 0.25) is 0 Å². The van der Waals surface area contributed by atoms with Gasteiger partial charge in [0.1, 0.15) is 11.5 Å². The Hall–Kier alpha value is -3.71. The Morgan fingerprint density at radius 3 is 2.22 bits per heavy atom. The highest BCUT2D eigenvalue weighted by atomic mass is 79.9. The standard InChI is InChI=1S/C25H21BrN4O2/c1-16(21-14-20(32-2)12-13-24(21)31)29-30-25-27-22(17-6-4-3-5-7-17)15-23(28-25)18-8-10-19(26)11-9-18/h3-15,31H,1-2H3,(H,27,28,30). The first-order chi connectivity index (χ1) is 15.5. The van der Waals surface area contributed by atoms with Crippen LogP contribution >= 0.6 is 15.9 Å². The number of rotatable bonds is 6. The summed E-state index contributed by atoms with van der Waals surface area (Å²) in [7, 11) is 1.58. The molecule has 4 aromatic rings. The fourth-order valence-corrected chi connectivity index (χ4v) is 3.41. The van der Waals surface area contributed by atoms with Gasteiger partial charge < -0.3 is 9.84 Å². The second kappa shape index (κ2) is 9.62. The lowest BCUT2D eigenvalue weighted by molar-refractivity contribution is 0.412. The molecule has 32 heavy (non-hydrogen) atoms. The number of halogens is 1. The quantitative estimate of drug-likeness (QED) is 0.252. The predicted molar refractivity (Wildman–Crippen MR) is 131 cm³/mol. The summed E-state index contributed by atoms with van der Waals surface area (Å²) in [6.07, 6.45) is 0. The van der Waals surface area contributed by atoms with Crippen LogP contribution in [-0.2, 0) is 0 Å². The maximum Gasteiger partial charge on any atom is 0.244 e. The smallest absolute Gasteiger partial charge is 0.244 e. The first kappa shape index (κ1) is 21.5. The summed E-state index contributed by atoms with van der Waals surface area (Å²) in [6.45, 7) is 1.79. The Balaban J connectivity index is 1.72. The summed E-state index contributed by atoms with van der Waals surface area (Å²) < 4.78 is 6.24. The third kappa shape index (κ3) is 4.95. The number of nitrogens with zero attached hydrogens (tertiary/aromatic N) is 3. The molecule has 4 rings (SSSR count). The van der Waals surface area contributed by atoms with Crippen molar-refractivity contribution in [2.45, 2.75) is 6.92 Å². The van der Waals surface area contributed by atoms with Crippen molar-refractivity contribution >= 4 is 27.6 Å². The van der Waals surface area contributed by atoms with Gasteiger partial charge in [-0.25, -0.2) is 15.4 Å². The molecule has 0 aliphatic carbocycles. The first-order valence-corrected chi connectivity index (χ1v) is 10.7. The van der Waals surface area contributed by atoms with Gasteiger partial charge in [-0.3, -0.25) is 0 Å². The predicted octanol–water partition coefficient (Wildman–Crippen LogP) is 6.12. The molecule has 1 aromatic heterocycles. The van der Waals surface area contributed by atoms with Crippen LogP contribution in [-0.4, -0.2) is 27.9 Å². The van der Waals surface area contributed by atoms with Crippen molar-refractivity contribution in [3.8, 4) is 34.0 Å². The van der Waals surface area contributed by atoms with Crippen LogP contribution in [0, 0.1) is 0 Å². The summed E-state index contributed by atoms with van der Waals surface area (Å²) in [5, 5.41) is 14.6. The minimum atomic E-state index is 0.114. The molecule has 2 N–H and O–H groups in total. The van der Waals surface area contributed by atoms with Gasteiger partial charge in [0.2, 0.25) is 5.95 Å². The largest absolute Gasteiger partial charge is 0.507 e. The van der Waals surface area contributed by atoms with E-state index >= 15 is 0 Å². The van der Waals surface area contributed by atoms with Gasteiger partial charge >= 0.3 is 0 Å². The number of methoxy groups -OCH3 is 1. The maximum atomic E-state index is 10.2. The van der Waals surface area contributed by atoms with E-state index in [-0.39, 0.29) is 5.75 Å². The number of aromatic hydroxyl groups is 1. The topological polar surface area (TPSA) is 79.6 Å². The van der Waals surface area contributed by atoms with E-state index in [4.69, 9.17) is 4.74 Å². The molecule has 6 nitrogen and oxygen atoms in total. The number of phenolic OH excluding ortho intramolecular Hbond substituents is 1. The van der Waals surface area contributed by atoms with Gasteiger partial charge in [0, 0.05) is 21.2 Å². The molecule has 0 atom stereocenters. The van der Waals surface area contributed by atoms with Gasteiger partial charge in [0.15, 0.2) is 0 Å². The summed E-state index contributed by atoms with van der Waals surface area (Å²) in [5.41, 5.74) is 7.55. The number of phenols is 1. The molecule has 0 aliphatic rings. The average Bonchev–Trinajstić information content (AvgIpc) is 2.83. The van der Waals surface area contributed by atoms with Gasteiger partial charge in [-0.15, -0.1) is 0 Å². The Morgan fingerprint density at radius 2 is 1.56 bits per heavy atom. The number of anilines is 1. The molecule has 0 fully saturated rings. The average molecular weight is 489 g/mol. The van der Waals surface area contributed by atoms with E-state index in [9.17, 15) is 5.11 Å². The Bertz CT molecular complexity index is 1260. The molecule has 0 aliphatic heterocycles. The number of hydrogen-bond donors (Lipinski definition) is 2. The van der Waals surface area contributed by atoms with Crippen LogP contribution in [0.25, 0.3) is 22.5 Å². The van der Waals surface area contributed by atoms with Crippen molar-refractivity contribution in [1.29, 1.82) is 0 Å². The van der Waals surface area contributed by atoms with Crippen molar-refractivity contribution in [2.24, 2.45) is 5.10 Å². The molecule has 0 spiro atoms. The van der Waals surface area contributed by atoms with Crippen LogP contribution in [0.3, 0.4) is 0 Å². The van der Waals surface area contributed by atoms with Gasteiger partial charge in [0.25, 0.3) is 0 Å². The number of hydrogen-bond acceptors (Lipinski definition) is 6. The van der Waals surface area contributed by atoms with Crippen molar-refractivity contribution in [3.63, 3.8) is 0 Å². The van der Waals surface area contributed by atoms with Gasteiger partial charge in [-0.05, 0) is 43.3 Å². The SMILES string of the molecule is COc1ccc(O)c(C(C)=NNc2nc(-c3ccccc3)cc(-c3ccc(Br)cc3)n2)c1. The van der Waals surface area contributed by atoms with Crippen molar-refractivity contribution in [1.82, 2.24) is 9.97 Å². The molecule has 7 heteroatoms. The minimum absolute atomic E-state index is 0.114. The third-order valence-electron chi connectivity index (χ3n) is 4.85. The molecule has 0 radical (unpaired) electrons. The van der Waals surface area contributed by atoms with Crippen LogP contribution in [0.5, 0.6) is 11.5 Å². The molecule has 3 aromatic carbocycles. The lowest BCUT2D eigenvalue weighted by Crippen LogP contribution is -2.04. The van der Waals surface area contributed by atoms with Gasteiger partial charge in [0.05, 0.1) is 24.2 Å². The molecule has 0 bridgehead atoms. The van der Waals surface area contributed by atoms with E-state index in [0.29, 0.717) is 23.0 Å². The van der Waals surface area contributed by atoms with Crippen LogP contribution in [0.4, 0.5) is 5.95 Å². The molecule has 1 heterocycles. The Morgan fingerprint density at radius 1 is 0.906 bits per heavy atom. The third-order valence-corrected chi connectivity index (χ3v) is 5.38. The lowest BCUT2D eigenvalue weighted by Gasteiger charge is -2.10. The molecule has 160 valence electrons. The zero-order chi connectivity index (χ0) is 22.5. The zero-order valence-corrected chi connectivity index (χ0v) is 19.2. The fraction of sp³-hybridized carbons (Fsp3) is 0.0800. The molecular weight excluding hydrogens is 468 g/mol. The van der Waals surface area contributed by atoms with E-state index < -0.39 is 0 Å². The number of aromatic nitrogens is 2. The molecule has 0 unspecified atom stereocenters. The van der Waals surface area contributed by atoms with Gasteiger partial charge in [-0.2, -0.15) is 5.10 Å². The minimum Gasteiger partial charge on any atom is -0.507 e. The molecule has 0 amide bonds. The van der Waals surface area contributed by atoms with Crippen molar-refractivity contribution < 1.29 is 9.84 Å². The highest BCUT2D eigenvalue weighted by Crippen LogP contribution is 2.27. The number of nitrogens with one attached hydrogen (secondary N) is 1.